The van der Waals surface area contributed by atoms with Gasteiger partial charge < -0.3 is 10.6 Å². The monoisotopic (exact) mass is 338 g/mol. The summed E-state index contributed by atoms with van der Waals surface area (Å²) in [6.07, 6.45) is 0. The van der Waals surface area contributed by atoms with Gasteiger partial charge in [0.1, 0.15) is 0 Å². The minimum absolute atomic E-state index is 0.404. The van der Waals surface area contributed by atoms with Crippen LogP contribution in [-0.2, 0) is 0 Å². The van der Waals surface area contributed by atoms with Gasteiger partial charge in [-0.1, -0.05) is 0 Å². The molecule has 0 bridgehead atoms. The van der Waals surface area contributed by atoms with Crippen LogP contribution in [0.25, 0.3) is 0 Å². The lowest BCUT2D eigenvalue weighted by atomic mass is 10.3. The van der Waals surface area contributed by atoms with Gasteiger partial charge in [0.05, 0.1) is 10.7 Å². The molecule has 2 nitrogen and oxygen atoms in total. The number of hydrogen-bond donors (Lipinski definition) is 2. The Labute approximate surface area is 133 Å². The number of halogens is 4. The topological polar surface area (TPSA) is 24.1 Å². The third-order valence-electron chi connectivity index (χ3n) is 2.99. The van der Waals surface area contributed by atoms with E-state index in [4.69, 9.17) is 0 Å². The molecule has 0 spiro atoms. The van der Waals surface area contributed by atoms with E-state index in [9.17, 15) is 17.6 Å². The van der Waals surface area contributed by atoms with E-state index in [2.05, 4.69) is 10.6 Å². The molecule has 0 unspecified atom stereocenters. The molecule has 118 valence electrons. The fourth-order valence-corrected chi connectivity index (χ4v) is 2.68. The second kappa shape index (κ2) is 6.29. The van der Waals surface area contributed by atoms with E-state index in [0.717, 1.165) is 24.3 Å². The Bertz CT molecular complexity index is 780. The van der Waals surface area contributed by atoms with Gasteiger partial charge >= 0.3 is 0 Å². The Kier molecular flexibility index (Phi) is 4.20. The van der Waals surface area contributed by atoms with Gasteiger partial charge in [0.15, 0.2) is 23.3 Å². The maximum absolute atomic E-state index is 13.2. The van der Waals surface area contributed by atoms with Crippen molar-refractivity contribution >= 4 is 33.4 Å². The molecular formula is C16H10F4N2S. The van der Waals surface area contributed by atoms with Gasteiger partial charge in [-0.15, -0.1) is 11.3 Å². The van der Waals surface area contributed by atoms with Crippen LogP contribution in [0.2, 0.25) is 0 Å². The lowest BCUT2D eigenvalue weighted by Crippen LogP contribution is -1.92. The summed E-state index contributed by atoms with van der Waals surface area (Å²) in [6, 6.07) is 8.72. The number of anilines is 4. The van der Waals surface area contributed by atoms with Crippen LogP contribution in [0.15, 0.2) is 47.8 Å². The third kappa shape index (κ3) is 3.62. The number of rotatable bonds is 4. The molecule has 0 fully saturated rings. The second-order valence-electron chi connectivity index (χ2n) is 4.71. The smallest absolute Gasteiger partial charge is 0.160 e. The average Bonchev–Trinajstić information content (AvgIpc) is 2.94. The average molecular weight is 338 g/mol. The summed E-state index contributed by atoms with van der Waals surface area (Å²) in [7, 11) is 0. The van der Waals surface area contributed by atoms with E-state index in [1.807, 2.05) is 0 Å². The summed E-state index contributed by atoms with van der Waals surface area (Å²) >= 11 is 1.32. The van der Waals surface area contributed by atoms with E-state index in [-0.39, 0.29) is 0 Å². The normalized spacial score (nSPS) is 10.6. The number of benzene rings is 2. The van der Waals surface area contributed by atoms with E-state index in [1.165, 1.54) is 23.5 Å². The molecule has 0 radical (unpaired) electrons. The highest BCUT2D eigenvalue weighted by Gasteiger charge is 2.06. The molecule has 0 aliphatic heterocycles. The Morgan fingerprint density at radius 1 is 0.609 bits per heavy atom. The van der Waals surface area contributed by atoms with Crippen LogP contribution in [0, 0.1) is 23.3 Å². The minimum atomic E-state index is -0.939. The fraction of sp³-hybridized carbons (Fsp3) is 0. The van der Waals surface area contributed by atoms with Crippen molar-refractivity contribution < 1.29 is 17.6 Å². The summed E-state index contributed by atoms with van der Waals surface area (Å²) in [4.78, 5) is 0. The molecule has 3 aromatic rings. The van der Waals surface area contributed by atoms with Gasteiger partial charge in [-0.2, -0.15) is 0 Å². The molecule has 2 aromatic carbocycles. The first-order valence-electron chi connectivity index (χ1n) is 6.54. The molecule has 0 atom stereocenters. The van der Waals surface area contributed by atoms with Gasteiger partial charge in [0.2, 0.25) is 0 Å². The molecule has 7 heteroatoms. The lowest BCUT2D eigenvalue weighted by molar-refractivity contribution is 0.509. The molecule has 23 heavy (non-hydrogen) atoms. The molecule has 1 heterocycles. The van der Waals surface area contributed by atoms with Gasteiger partial charge in [0.25, 0.3) is 0 Å². The Balaban J connectivity index is 1.72. The molecule has 1 aromatic heterocycles. The van der Waals surface area contributed by atoms with Crippen LogP contribution in [-0.4, -0.2) is 0 Å². The molecule has 2 N–H and O–H groups in total. The van der Waals surface area contributed by atoms with Crippen LogP contribution >= 0.6 is 11.3 Å². The molecule has 0 aliphatic carbocycles. The quantitative estimate of drug-likeness (QED) is 0.588. The SMILES string of the molecule is Fc1ccc(Nc2csc(Nc3ccc(F)c(F)c3)c2)cc1F. The van der Waals surface area contributed by atoms with Crippen molar-refractivity contribution in [1.29, 1.82) is 0 Å². The molecular weight excluding hydrogens is 328 g/mol. The van der Waals surface area contributed by atoms with Crippen molar-refractivity contribution in [2.45, 2.75) is 0 Å². The summed E-state index contributed by atoms with van der Waals surface area (Å²) < 4.78 is 52.1. The van der Waals surface area contributed by atoms with Gasteiger partial charge in [-0.25, -0.2) is 17.6 Å². The standard InChI is InChI=1S/C16H10F4N2S/c17-12-3-1-9(5-14(12)19)21-11-7-16(23-8-11)22-10-2-4-13(18)15(20)6-10/h1-8,21-22H. The van der Waals surface area contributed by atoms with Crippen LogP contribution in [0.1, 0.15) is 0 Å². The molecule has 0 saturated heterocycles. The van der Waals surface area contributed by atoms with Gasteiger partial charge in [-0.05, 0) is 30.3 Å². The van der Waals surface area contributed by atoms with Crippen molar-refractivity contribution in [1.82, 2.24) is 0 Å². The van der Waals surface area contributed by atoms with E-state index in [1.54, 1.807) is 11.4 Å². The van der Waals surface area contributed by atoms with E-state index in [0.29, 0.717) is 22.1 Å². The Morgan fingerprint density at radius 2 is 1.17 bits per heavy atom. The van der Waals surface area contributed by atoms with Crippen LogP contribution in [0.5, 0.6) is 0 Å². The van der Waals surface area contributed by atoms with Crippen molar-refractivity contribution in [3.05, 3.63) is 71.1 Å². The zero-order valence-electron chi connectivity index (χ0n) is 11.5. The maximum Gasteiger partial charge on any atom is 0.160 e. The van der Waals surface area contributed by atoms with E-state index < -0.39 is 23.3 Å². The maximum atomic E-state index is 13.2. The predicted octanol–water partition coefficient (Wildman–Crippen LogP) is 5.79. The van der Waals surface area contributed by atoms with Crippen molar-refractivity contribution in [2.75, 3.05) is 10.6 Å². The van der Waals surface area contributed by atoms with Gasteiger partial charge in [0, 0.05) is 28.9 Å². The highest BCUT2D eigenvalue weighted by molar-refractivity contribution is 7.14. The lowest BCUT2D eigenvalue weighted by Gasteiger charge is -2.05. The zero-order chi connectivity index (χ0) is 16.4. The zero-order valence-corrected chi connectivity index (χ0v) is 12.4. The first-order valence-corrected chi connectivity index (χ1v) is 7.42. The summed E-state index contributed by atoms with van der Waals surface area (Å²) in [6.45, 7) is 0. The first kappa shape index (κ1) is 15.4. The fourth-order valence-electron chi connectivity index (χ4n) is 1.92. The largest absolute Gasteiger partial charge is 0.355 e. The second-order valence-corrected chi connectivity index (χ2v) is 5.62. The number of thiophene rings is 1. The van der Waals surface area contributed by atoms with Crippen molar-refractivity contribution in [3.8, 4) is 0 Å². The van der Waals surface area contributed by atoms with Crippen molar-refractivity contribution in [2.24, 2.45) is 0 Å². The summed E-state index contributed by atoms with van der Waals surface area (Å²) in [5.74, 6) is -3.71. The molecule has 3 rings (SSSR count). The van der Waals surface area contributed by atoms with Crippen LogP contribution in [0.4, 0.5) is 39.6 Å². The number of hydrogen-bond acceptors (Lipinski definition) is 3. The highest BCUT2D eigenvalue weighted by atomic mass is 32.1. The molecule has 0 amide bonds. The Morgan fingerprint density at radius 3 is 1.74 bits per heavy atom. The third-order valence-corrected chi connectivity index (χ3v) is 3.84. The van der Waals surface area contributed by atoms with Gasteiger partial charge in [-0.3, -0.25) is 0 Å². The van der Waals surface area contributed by atoms with E-state index >= 15 is 0 Å². The van der Waals surface area contributed by atoms with Crippen LogP contribution < -0.4 is 10.6 Å². The minimum Gasteiger partial charge on any atom is -0.355 e. The van der Waals surface area contributed by atoms with Crippen LogP contribution in [0.3, 0.4) is 0 Å². The first-order chi connectivity index (χ1) is 11.0. The summed E-state index contributed by atoms with van der Waals surface area (Å²) in [5.41, 5.74) is 1.47. The van der Waals surface area contributed by atoms with Crippen molar-refractivity contribution in [3.63, 3.8) is 0 Å². The number of nitrogens with one attached hydrogen (secondary N) is 2. The predicted molar refractivity (Wildman–Crippen MR) is 83.6 cm³/mol. The molecule has 0 aliphatic rings. The summed E-state index contributed by atoms with van der Waals surface area (Å²) in [5, 5.41) is 8.30. The highest BCUT2D eigenvalue weighted by Crippen LogP contribution is 2.30. The Hall–Kier alpha value is -2.54. The molecule has 0 saturated carbocycles.